The molecule has 0 bridgehead atoms. The second kappa shape index (κ2) is 18.5. The van der Waals surface area contributed by atoms with Crippen LogP contribution in [0.3, 0.4) is 0 Å². The summed E-state index contributed by atoms with van der Waals surface area (Å²) in [5, 5.41) is 16.4. The van der Waals surface area contributed by atoms with Crippen LogP contribution in [0.4, 0.5) is 5.82 Å². The zero-order chi connectivity index (χ0) is 39.9. The number of nitrogens with zero attached hydrogens (tertiary/aromatic N) is 8. The van der Waals surface area contributed by atoms with Gasteiger partial charge in [-0.25, -0.2) is 14.6 Å². The van der Waals surface area contributed by atoms with Gasteiger partial charge in [-0.3, -0.25) is 9.89 Å². The molecule has 0 aliphatic heterocycles. The van der Waals surface area contributed by atoms with Gasteiger partial charge < -0.3 is 23.8 Å². The topological polar surface area (TPSA) is 147 Å². The molecule has 14 nitrogen and oxygen atoms in total. The third-order valence-corrected chi connectivity index (χ3v) is 14.6. The van der Waals surface area contributed by atoms with Crippen molar-refractivity contribution >= 4 is 56.0 Å². The predicted molar refractivity (Wildman–Crippen MR) is 231 cm³/mol. The van der Waals surface area contributed by atoms with Gasteiger partial charge >= 0.3 is 0 Å². The Labute approximate surface area is 345 Å². The van der Waals surface area contributed by atoms with Crippen LogP contribution in [0.2, 0.25) is 51.4 Å². The largest absolute Gasteiger partial charge is 0.382 e. The molecule has 6 rings (SSSR count). The molecule has 1 fully saturated rings. The Morgan fingerprint density at radius 3 is 2.23 bits per heavy atom. The Morgan fingerprint density at radius 2 is 1.62 bits per heavy atom. The zero-order valence-electron chi connectivity index (χ0n) is 33.8. The number of anilines is 1. The van der Waals surface area contributed by atoms with Crippen LogP contribution in [0.15, 0.2) is 55.2 Å². The summed E-state index contributed by atoms with van der Waals surface area (Å²) in [6, 6.07) is 12.2. The van der Waals surface area contributed by atoms with Gasteiger partial charge in [-0.1, -0.05) is 57.5 Å². The SMILES string of the molecule is COCCOC1(C(=O)c2ncn[nH]2)CCC(c2nc3c(-c4cnn(-c5ccccc5)c4)cnn3c(N(COCC[Si](C)(C)C)COCC[Si](C)(C)C)c2I)CC1. The van der Waals surface area contributed by atoms with Crippen LogP contribution in [0, 0.1) is 3.57 Å². The van der Waals surface area contributed by atoms with E-state index in [2.05, 4.69) is 82.0 Å². The van der Waals surface area contributed by atoms with Crippen molar-refractivity contribution < 1.29 is 23.7 Å². The van der Waals surface area contributed by atoms with Crippen LogP contribution in [-0.2, 0) is 18.9 Å². The van der Waals surface area contributed by atoms with Crippen molar-refractivity contribution in [2.75, 3.05) is 51.9 Å². The number of methoxy groups -OCH3 is 1. The van der Waals surface area contributed by atoms with E-state index in [4.69, 9.17) is 34.1 Å². The van der Waals surface area contributed by atoms with E-state index in [0.717, 1.165) is 49.6 Å². The number of H-pyrrole nitrogens is 1. The summed E-state index contributed by atoms with van der Waals surface area (Å²) in [4.78, 5) is 25.6. The molecule has 5 aromatic rings. The van der Waals surface area contributed by atoms with Crippen LogP contribution < -0.4 is 4.90 Å². The molecule has 0 amide bonds. The molecule has 0 spiro atoms. The van der Waals surface area contributed by atoms with Crippen LogP contribution in [0.25, 0.3) is 22.5 Å². The Hall–Kier alpha value is -3.34. The van der Waals surface area contributed by atoms with Gasteiger partial charge in [0.1, 0.15) is 25.4 Å². The lowest BCUT2D eigenvalue weighted by Gasteiger charge is -2.38. The molecule has 1 aromatic carbocycles. The molecule has 0 atom stereocenters. The average molecular weight is 914 g/mol. The van der Waals surface area contributed by atoms with E-state index in [1.165, 1.54) is 6.33 Å². The standard InChI is InChI=1S/C39H56IN9O5Si2/c1-51-17-18-54-39(35(50)36-41-26-42-46-36)15-13-29(14-16-39)34-33(40)38(47(27-52-19-21-55(2,3)4)28-53-20-22-56(5,6)7)49-37(45-34)32(24-44-49)30-23-43-48(25-30)31-11-9-8-10-12-31/h8-12,23-26,29H,13-22,27-28H2,1-7H3,(H,41,42,46). The molecular formula is C39H56IN9O5Si2. The zero-order valence-corrected chi connectivity index (χ0v) is 37.9. The van der Waals surface area contributed by atoms with E-state index < -0.39 is 21.7 Å². The van der Waals surface area contributed by atoms with E-state index in [1.54, 1.807) is 7.11 Å². The minimum absolute atomic E-state index is 0.0459. The molecule has 1 N–H and O–H groups in total. The number of carbonyl (C=O) groups is 1. The second-order valence-corrected chi connectivity index (χ2v) is 29.3. The van der Waals surface area contributed by atoms with Crippen molar-refractivity contribution in [1.82, 2.24) is 39.6 Å². The van der Waals surface area contributed by atoms with E-state index in [0.29, 0.717) is 65.6 Å². The third kappa shape index (κ3) is 10.4. The van der Waals surface area contributed by atoms with Crippen molar-refractivity contribution in [3.05, 3.63) is 70.3 Å². The monoisotopic (exact) mass is 913 g/mol. The van der Waals surface area contributed by atoms with Crippen molar-refractivity contribution in [3.8, 4) is 16.8 Å². The van der Waals surface area contributed by atoms with Crippen molar-refractivity contribution in [3.63, 3.8) is 0 Å². The number of hydrogen-bond donors (Lipinski definition) is 1. The molecule has 0 radical (unpaired) electrons. The van der Waals surface area contributed by atoms with Gasteiger partial charge in [-0.15, -0.1) is 0 Å². The highest BCUT2D eigenvalue weighted by molar-refractivity contribution is 14.1. The number of Topliss-reactive ketones (excluding diaryl/α,β-unsaturated/α-hetero) is 1. The number of halogens is 1. The first-order valence-electron chi connectivity index (χ1n) is 19.4. The van der Waals surface area contributed by atoms with E-state index in [-0.39, 0.29) is 17.5 Å². The number of ether oxygens (including phenoxy) is 4. The lowest BCUT2D eigenvalue weighted by atomic mass is 9.75. The number of hydrogen-bond acceptors (Lipinski definition) is 11. The molecule has 1 aliphatic rings. The number of nitrogens with one attached hydrogen (secondary N) is 1. The molecule has 4 aromatic heterocycles. The first kappa shape index (κ1) is 42.3. The first-order chi connectivity index (χ1) is 26.8. The van der Waals surface area contributed by atoms with E-state index in [1.807, 2.05) is 58.1 Å². The van der Waals surface area contributed by atoms with Crippen LogP contribution >= 0.6 is 22.6 Å². The normalized spacial score (nSPS) is 17.8. The second-order valence-electron chi connectivity index (χ2n) is 16.9. The number of benzene rings is 1. The molecule has 302 valence electrons. The average Bonchev–Trinajstić information content (AvgIpc) is 3.96. The summed E-state index contributed by atoms with van der Waals surface area (Å²) in [6.07, 6.45) is 9.47. The van der Waals surface area contributed by atoms with Crippen LogP contribution in [-0.4, -0.2) is 114 Å². The number of rotatable bonds is 20. The Balaban J connectivity index is 1.39. The van der Waals surface area contributed by atoms with E-state index in [9.17, 15) is 4.79 Å². The fraction of sp³-hybridized carbons (Fsp3) is 0.538. The van der Waals surface area contributed by atoms with Crippen molar-refractivity contribution in [2.24, 2.45) is 0 Å². The predicted octanol–water partition coefficient (Wildman–Crippen LogP) is 7.68. The number of aromatic nitrogens is 8. The first-order valence-corrected chi connectivity index (χ1v) is 27.9. The highest BCUT2D eigenvalue weighted by Crippen LogP contribution is 2.44. The summed E-state index contributed by atoms with van der Waals surface area (Å²) in [7, 11) is -0.993. The Bertz CT molecular complexity index is 2000. The molecule has 0 saturated heterocycles. The lowest BCUT2D eigenvalue weighted by Crippen LogP contribution is -2.46. The molecule has 1 saturated carbocycles. The van der Waals surface area contributed by atoms with Crippen LogP contribution in [0.1, 0.15) is 47.9 Å². The maximum Gasteiger partial charge on any atom is 0.231 e. The Morgan fingerprint density at radius 1 is 0.946 bits per heavy atom. The van der Waals surface area contributed by atoms with E-state index >= 15 is 0 Å². The number of aromatic amines is 1. The van der Waals surface area contributed by atoms with Gasteiger partial charge in [0.15, 0.2) is 17.3 Å². The van der Waals surface area contributed by atoms with Gasteiger partial charge in [0.25, 0.3) is 0 Å². The van der Waals surface area contributed by atoms with Crippen molar-refractivity contribution in [1.29, 1.82) is 0 Å². The minimum atomic E-state index is -1.31. The van der Waals surface area contributed by atoms with Gasteiger partial charge in [-0.05, 0) is 72.5 Å². The van der Waals surface area contributed by atoms with Gasteiger partial charge in [0.2, 0.25) is 5.78 Å². The fourth-order valence-corrected chi connectivity index (χ4v) is 9.46. The molecular weight excluding hydrogens is 858 g/mol. The summed E-state index contributed by atoms with van der Waals surface area (Å²) >= 11 is 2.43. The molecule has 4 heterocycles. The smallest absolute Gasteiger partial charge is 0.231 e. The molecule has 56 heavy (non-hydrogen) atoms. The summed E-state index contributed by atoms with van der Waals surface area (Å²) in [5.41, 5.74) is 3.39. The molecule has 0 unspecified atom stereocenters. The van der Waals surface area contributed by atoms with Crippen molar-refractivity contribution in [2.45, 2.75) is 88.6 Å². The van der Waals surface area contributed by atoms with Gasteiger partial charge in [0, 0.05) is 59.7 Å². The highest BCUT2D eigenvalue weighted by atomic mass is 127. The summed E-state index contributed by atoms with van der Waals surface area (Å²) < 4.78 is 29.3. The fourth-order valence-electron chi connectivity index (χ4n) is 6.82. The minimum Gasteiger partial charge on any atom is -0.382 e. The summed E-state index contributed by atoms with van der Waals surface area (Å²) in [5.74, 6) is 0.939. The number of fused-ring (bicyclic) bond motifs is 1. The maximum absolute atomic E-state index is 13.9. The summed E-state index contributed by atoms with van der Waals surface area (Å²) in [6.45, 7) is 16.9. The molecule has 17 heteroatoms. The quantitative estimate of drug-likeness (QED) is 0.0270. The third-order valence-electron chi connectivity index (χ3n) is 10.2. The number of carbonyl (C=O) groups excluding carboxylic acids is 1. The number of para-hydroxylation sites is 1. The lowest BCUT2D eigenvalue weighted by molar-refractivity contribution is -0.0635. The highest BCUT2D eigenvalue weighted by Gasteiger charge is 2.45. The molecule has 1 aliphatic carbocycles. The maximum atomic E-state index is 13.9. The van der Waals surface area contributed by atoms with Crippen LogP contribution in [0.5, 0.6) is 0 Å². The van der Waals surface area contributed by atoms with Gasteiger partial charge in [-0.2, -0.15) is 19.8 Å². The van der Waals surface area contributed by atoms with Gasteiger partial charge in [0.05, 0.1) is 40.6 Å². The Kier molecular flexibility index (Phi) is 14.0. The number of ketones is 1.